The molecule has 84 heavy (non-hydrogen) atoms. The standard InChI is InChI=1S/C74H133N2O7P/c1-7-10-13-16-19-22-25-28-30-32-34-36-37-38-39-41-42-44-46-48-51-54-57-60-63-66-73(77)75-71(70-82-84(79,80)81-69-68-76(4,5)6)72(65-62-59-56-53-50-27-24-21-18-15-12-9-3)83-74(78)67-64-61-58-55-52-49-47-45-43-40-35-33-31-29-26-23-20-17-14-11-8-2/h10,13,19-20,22-23,28-31,34,36,38-39,62,65,71-72H,7-9,11-12,14-18,21,24-27,32-33,35,37,40-61,63-64,66-70H2,1-6H3,(H-,75,77,79,80)/b13-10-,22-19-,23-20-,30-28-,31-29-,36-34-,39-38-,65-62-. The molecule has 0 heterocycles. The van der Waals surface area contributed by atoms with E-state index >= 15 is 0 Å². The Morgan fingerprint density at radius 3 is 1.17 bits per heavy atom. The van der Waals surface area contributed by atoms with E-state index in [2.05, 4.69) is 111 Å². The predicted octanol–water partition coefficient (Wildman–Crippen LogP) is 21.7. The maximum Gasteiger partial charge on any atom is 0.306 e. The van der Waals surface area contributed by atoms with Gasteiger partial charge in [0.25, 0.3) is 7.82 Å². The molecule has 0 saturated carbocycles. The molecule has 486 valence electrons. The quantitative estimate of drug-likeness (QED) is 0.0212. The van der Waals surface area contributed by atoms with Crippen molar-refractivity contribution in [2.24, 2.45) is 0 Å². The fourth-order valence-corrected chi connectivity index (χ4v) is 10.6. The molecule has 3 atom stereocenters. The molecule has 0 saturated heterocycles. The number of unbranched alkanes of at least 4 members (excludes halogenated alkanes) is 33. The van der Waals surface area contributed by atoms with Crippen LogP contribution in [0.2, 0.25) is 0 Å². The molecule has 0 aliphatic rings. The average Bonchev–Trinajstić information content (AvgIpc) is 3.64. The lowest BCUT2D eigenvalue weighted by atomic mass is 10.0. The van der Waals surface area contributed by atoms with Gasteiger partial charge >= 0.3 is 5.97 Å². The molecule has 3 unspecified atom stereocenters. The highest BCUT2D eigenvalue weighted by Crippen LogP contribution is 2.38. The van der Waals surface area contributed by atoms with Crippen molar-refractivity contribution in [1.82, 2.24) is 5.32 Å². The van der Waals surface area contributed by atoms with E-state index in [1.54, 1.807) is 0 Å². The van der Waals surface area contributed by atoms with Crippen molar-refractivity contribution in [2.75, 3.05) is 40.9 Å². The Morgan fingerprint density at radius 1 is 0.429 bits per heavy atom. The second kappa shape index (κ2) is 63.0. The summed E-state index contributed by atoms with van der Waals surface area (Å²) in [5.41, 5.74) is 0. The van der Waals surface area contributed by atoms with Gasteiger partial charge in [-0.25, -0.2) is 0 Å². The summed E-state index contributed by atoms with van der Waals surface area (Å²) >= 11 is 0. The molecule has 0 aromatic carbocycles. The lowest BCUT2D eigenvalue weighted by molar-refractivity contribution is -0.870. The van der Waals surface area contributed by atoms with Crippen molar-refractivity contribution in [3.8, 4) is 0 Å². The number of phosphoric ester groups is 1. The summed E-state index contributed by atoms with van der Waals surface area (Å²) in [4.78, 5) is 40.2. The van der Waals surface area contributed by atoms with Crippen LogP contribution in [0.15, 0.2) is 97.2 Å². The van der Waals surface area contributed by atoms with E-state index in [0.29, 0.717) is 17.4 Å². The largest absolute Gasteiger partial charge is 0.756 e. The third-order valence-corrected chi connectivity index (χ3v) is 16.2. The first-order chi connectivity index (χ1) is 40.9. The van der Waals surface area contributed by atoms with Crippen molar-refractivity contribution >= 4 is 19.7 Å². The number of esters is 1. The average molecular weight is 1190 g/mol. The van der Waals surface area contributed by atoms with Crippen molar-refractivity contribution in [2.45, 2.75) is 322 Å². The van der Waals surface area contributed by atoms with Gasteiger partial charge in [0.15, 0.2) is 0 Å². The molecule has 0 aromatic heterocycles. The van der Waals surface area contributed by atoms with E-state index in [1.807, 2.05) is 33.3 Å². The highest BCUT2D eigenvalue weighted by atomic mass is 31.2. The predicted molar refractivity (Wildman–Crippen MR) is 362 cm³/mol. The molecule has 10 heteroatoms. The molecule has 0 rings (SSSR count). The van der Waals surface area contributed by atoms with Crippen molar-refractivity contribution in [3.63, 3.8) is 0 Å². The maximum absolute atomic E-state index is 13.6. The topological polar surface area (TPSA) is 114 Å². The van der Waals surface area contributed by atoms with Crippen LogP contribution in [0.3, 0.4) is 0 Å². The van der Waals surface area contributed by atoms with Gasteiger partial charge in [-0.05, 0) is 109 Å². The lowest BCUT2D eigenvalue weighted by Crippen LogP contribution is -2.47. The molecule has 0 aromatic rings. The summed E-state index contributed by atoms with van der Waals surface area (Å²) in [5, 5.41) is 3.04. The Bertz CT molecular complexity index is 1760. The van der Waals surface area contributed by atoms with Crippen LogP contribution in [0.5, 0.6) is 0 Å². The fourth-order valence-electron chi connectivity index (χ4n) is 9.87. The van der Waals surface area contributed by atoms with Crippen LogP contribution in [-0.2, 0) is 27.9 Å². The van der Waals surface area contributed by atoms with Gasteiger partial charge in [-0.15, -0.1) is 0 Å². The van der Waals surface area contributed by atoms with Gasteiger partial charge in [-0.1, -0.05) is 285 Å². The molecule has 0 fully saturated rings. The van der Waals surface area contributed by atoms with Gasteiger partial charge in [-0.3, -0.25) is 14.2 Å². The van der Waals surface area contributed by atoms with Crippen LogP contribution in [0, 0.1) is 0 Å². The summed E-state index contributed by atoms with van der Waals surface area (Å²) in [5.74, 6) is -0.547. The molecular weight excluding hydrogens is 1060 g/mol. The van der Waals surface area contributed by atoms with Crippen molar-refractivity contribution in [3.05, 3.63) is 97.2 Å². The Kier molecular flexibility index (Phi) is 60.7. The number of hydrogen-bond acceptors (Lipinski definition) is 7. The Labute approximate surface area is 519 Å². The minimum absolute atomic E-state index is 0.0273. The molecule has 0 bridgehead atoms. The van der Waals surface area contributed by atoms with Gasteiger partial charge in [0.1, 0.15) is 19.3 Å². The van der Waals surface area contributed by atoms with E-state index in [4.69, 9.17) is 13.8 Å². The summed E-state index contributed by atoms with van der Waals surface area (Å²) < 4.78 is 30.4. The van der Waals surface area contributed by atoms with Gasteiger partial charge < -0.3 is 28.5 Å². The SMILES string of the molecule is CC/C=C\C/C=C\C/C=C\C/C=C\C/C=C\CCCCCCCCCCCC(=O)NC(COP(=O)([O-])OCC[N+](C)(C)C)C(/C=C\CCCCCCCCCCCC)OC(=O)CCCCCCCCCCCCC/C=C\C/C=C\CCCCC. The molecule has 0 spiro atoms. The van der Waals surface area contributed by atoms with Crippen LogP contribution in [0.4, 0.5) is 0 Å². The van der Waals surface area contributed by atoms with Crippen LogP contribution >= 0.6 is 7.82 Å². The molecule has 1 N–H and O–H groups in total. The number of allylic oxidation sites excluding steroid dienone is 15. The van der Waals surface area contributed by atoms with E-state index in [0.717, 1.165) is 109 Å². The Hall–Kier alpha value is -3.07. The van der Waals surface area contributed by atoms with Gasteiger partial charge in [0.05, 0.1) is 33.8 Å². The highest BCUT2D eigenvalue weighted by molar-refractivity contribution is 7.45. The zero-order chi connectivity index (χ0) is 61.4. The van der Waals surface area contributed by atoms with E-state index in [-0.39, 0.29) is 24.9 Å². The highest BCUT2D eigenvalue weighted by Gasteiger charge is 2.27. The zero-order valence-corrected chi connectivity index (χ0v) is 56.5. The number of carbonyl (C=O) groups excluding carboxylic acids is 2. The summed E-state index contributed by atoms with van der Waals surface area (Å²) in [7, 11) is 1.18. The van der Waals surface area contributed by atoms with E-state index in [9.17, 15) is 19.0 Å². The number of hydrogen-bond donors (Lipinski definition) is 1. The minimum Gasteiger partial charge on any atom is -0.756 e. The van der Waals surface area contributed by atoms with Crippen molar-refractivity contribution in [1.29, 1.82) is 0 Å². The Balaban J connectivity index is 5.11. The zero-order valence-electron chi connectivity index (χ0n) is 55.6. The molecule has 1 amide bonds. The molecular formula is C74H133N2O7P. The Morgan fingerprint density at radius 2 is 0.762 bits per heavy atom. The fraction of sp³-hybridized carbons (Fsp3) is 0.757. The maximum atomic E-state index is 13.6. The second-order valence-electron chi connectivity index (χ2n) is 24.6. The first-order valence-electron chi connectivity index (χ1n) is 35.0. The van der Waals surface area contributed by atoms with E-state index < -0.39 is 26.6 Å². The molecule has 0 aliphatic carbocycles. The third kappa shape index (κ3) is 63.4. The number of likely N-dealkylation sites (N-methyl/N-ethyl adjacent to an activating group) is 1. The summed E-state index contributed by atoms with van der Waals surface area (Å²) in [6.45, 7) is 6.72. The number of amides is 1. The number of rotatable bonds is 63. The number of ether oxygens (including phenoxy) is 1. The van der Waals surface area contributed by atoms with E-state index in [1.165, 1.54) is 167 Å². The lowest BCUT2D eigenvalue weighted by Gasteiger charge is -2.30. The first-order valence-corrected chi connectivity index (χ1v) is 36.5. The smallest absolute Gasteiger partial charge is 0.306 e. The number of carbonyl (C=O) groups is 2. The number of phosphoric acid groups is 1. The monoisotopic (exact) mass is 1190 g/mol. The van der Waals surface area contributed by atoms with Crippen LogP contribution in [0.25, 0.3) is 0 Å². The third-order valence-electron chi connectivity index (χ3n) is 15.2. The molecule has 0 aliphatic heterocycles. The number of nitrogens with zero attached hydrogens (tertiary/aromatic N) is 1. The van der Waals surface area contributed by atoms with Crippen LogP contribution < -0.4 is 10.2 Å². The second-order valence-corrected chi connectivity index (χ2v) is 26.1. The van der Waals surface area contributed by atoms with Crippen LogP contribution in [-0.4, -0.2) is 69.4 Å². The molecule has 9 nitrogen and oxygen atoms in total. The molecule has 0 radical (unpaired) electrons. The summed E-state index contributed by atoms with van der Waals surface area (Å²) in [6.07, 6.45) is 85.2. The van der Waals surface area contributed by atoms with Crippen LogP contribution in [0.1, 0.15) is 310 Å². The van der Waals surface area contributed by atoms with Crippen molar-refractivity contribution < 1.29 is 37.3 Å². The van der Waals surface area contributed by atoms with Gasteiger partial charge in [0.2, 0.25) is 5.91 Å². The first kappa shape index (κ1) is 80.9. The number of quaternary nitrogens is 1. The number of nitrogens with one attached hydrogen (secondary N) is 1. The van der Waals surface area contributed by atoms with Gasteiger partial charge in [-0.2, -0.15) is 0 Å². The van der Waals surface area contributed by atoms with Gasteiger partial charge in [0, 0.05) is 12.8 Å². The normalized spacial score (nSPS) is 14.1. The summed E-state index contributed by atoms with van der Waals surface area (Å²) in [6, 6.07) is -0.898. The minimum atomic E-state index is -4.71.